The summed E-state index contributed by atoms with van der Waals surface area (Å²) in [5, 5.41) is 9.93. The summed E-state index contributed by atoms with van der Waals surface area (Å²) < 4.78 is 0. The molecule has 0 spiro atoms. The van der Waals surface area contributed by atoms with Crippen molar-refractivity contribution in [1.82, 2.24) is 0 Å². The Morgan fingerprint density at radius 2 is 1.83 bits per heavy atom. The van der Waals surface area contributed by atoms with Crippen molar-refractivity contribution < 1.29 is 9.90 Å². The van der Waals surface area contributed by atoms with E-state index in [2.05, 4.69) is 0 Å². The van der Waals surface area contributed by atoms with Crippen LogP contribution in [-0.4, -0.2) is 11.1 Å². The maximum Gasteiger partial charge on any atom is 0.337 e. The highest BCUT2D eigenvalue weighted by molar-refractivity contribution is 6.33. The third-order valence-corrected chi connectivity index (χ3v) is 3.51. The molecular formula is C14H10Cl2O2. The molecule has 0 aliphatic rings. The lowest BCUT2D eigenvalue weighted by Gasteiger charge is -2.09. The molecule has 0 bridgehead atoms. The van der Waals surface area contributed by atoms with Gasteiger partial charge in [0.25, 0.3) is 0 Å². The fourth-order valence-corrected chi connectivity index (χ4v) is 2.15. The van der Waals surface area contributed by atoms with Crippen LogP contribution in [0.3, 0.4) is 0 Å². The van der Waals surface area contributed by atoms with Gasteiger partial charge in [-0.3, -0.25) is 0 Å². The molecule has 2 rings (SSSR count). The van der Waals surface area contributed by atoms with E-state index in [1.165, 1.54) is 0 Å². The molecule has 0 atom stereocenters. The molecule has 2 nitrogen and oxygen atoms in total. The molecule has 0 fully saturated rings. The third-order valence-electron chi connectivity index (χ3n) is 2.78. The highest BCUT2D eigenvalue weighted by Gasteiger charge is 2.12. The monoisotopic (exact) mass is 280 g/mol. The lowest BCUT2D eigenvalue weighted by molar-refractivity contribution is 0.0697. The number of carboxylic acids is 1. The molecular weight excluding hydrogens is 271 g/mol. The molecule has 0 radical (unpaired) electrons. The summed E-state index contributed by atoms with van der Waals surface area (Å²) in [6, 6.07) is 10.5. The standard InChI is InChI=1S/C14H10Cl2O2/c1-8-10(3-2-4-12(8)15)9-5-6-13(16)11(7-9)14(17)18/h2-7H,1H3,(H,17,18). The van der Waals surface area contributed by atoms with E-state index >= 15 is 0 Å². The van der Waals surface area contributed by atoms with Crippen LogP contribution in [0.25, 0.3) is 11.1 Å². The van der Waals surface area contributed by atoms with Crippen molar-refractivity contribution in [2.45, 2.75) is 6.92 Å². The van der Waals surface area contributed by atoms with Crippen LogP contribution >= 0.6 is 23.2 Å². The van der Waals surface area contributed by atoms with Crippen LogP contribution in [-0.2, 0) is 0 Å². The van der Waals surface area contributed by atoms with E-state index in [4.69, 9.17) is 28.3 Å². The van der Waals surface area contributed by atoms with Crippen molar-refractivity contribution in [1.29, 1.82) is 0 Å². The van der Waals surface area contributed by atoms with E-state index in [1.807, 2.05) is 19.1 Å². The molecule has 0 unspecified atom stereocenters. The number of hydrogen-bond acceptors (Lipinski definition) is 1. The molecule has 0 aliphatic heterocycles. The summed E-state index contributed by atoms with van der Waals surface area (Å²) in [7, 11) is 0. The van der Waals surface area contributed by atoms with Gasteiger partial charge in [0.1, 0.15) is 0 Å². The first-order valence-electron chi connectivity index (χ1n) is 5.29. The molecule has 0 amide bonds. The van der Waals surface area contributed by atoms with Crippen LogP contribution in [0.5, 0.6) is 0 Å². The Bertz CT molecular complexity index is 621. The molecule has 92 valence electrons. The lowest BCUT2D eigenvalue weighted by Crippen LogP contribution is -1.98. The van der Waals surface area contributed by atoms with Crippen LogP contribution in [0.15, 0.2) is 36.4 Å². The summed E-state index contributed by atoms with van der Waals surface area (Å²) in [4.78, 5) is 11.0. The van der Waals surface area contributed by atoms with Crippen LogP contribution in [0, 0.1) is 6.92 Å². The number of rotatable bonds is 2. The third kappa shape index (κ3) is 2.35. The maximum absolute atomic E-state index is 11.0. The van der Waals surface area contributed by atoms with Gasteiger partial charge in [-0.15, -0.1) is 0 Å². The summed E-state index contributed by atoms with van der Waals surface area (Å²) in [5.41, 5.74) is 2.70. The van der Waals surface area contributed by atoms with Gasteiger partial charge in [0, 0.05) is 5.02 Å². The van der Waals surface area contributed by atoms with Crippen LogP contribution in [0.2, 0.25) is 10.0 Å². The second kappa shape index (κ2) is 5.01. The largest absolute Gasteiger partial charge is 0.478 e. The Labute approximate surface area is 115 Å². The van der Waals surface area contributed by atoms with Gasteiger partial charge < -0.3 is 5.11 Å². The Morgan fingerprint density at radius 1 is 1.11 bits per heavy atom. The van der Waals surface area contributed by atoms with Gasteiger partial charge in [-0.1, -0.05) is 41.4 Å². The predicted octanol–water partition coefficient (Wildman–Crippen LogP) is 4.67. The SMILES string of the molecule is Cc1c(Cl)cccc1-c1ccc(Cl)c(C(=O)O)c1. The quantitative estimate of drug-likeness (QED) is 0.868. The summed E-state index contributed by atoms with van der Waals surface area (Å²) in [6.07, 6.45) is 0. The van der Waals surface area contributed by atoms with E-state index in [1.54, 1.807) is 24.3 Å². The smallest absolute Gasteiger partial charge is 0.337 e. The molecule has 2 aromatic rings. The van der Waals surface area contributed by atoms with E-state index in [0.717, 1.165) is 16.7 Å². The van der Waals surface area contributed by atoms with Crippen LogP contribution in [0.1, 0.15) is 15.9 Å². The summed E-state index contributed by atoms with van der Waals surface area (Å²) in [6.45, 7) is 1.90. The molecule has 0 saturated heterocycles. The zero-order chi connectivity index (χ0) is 13.3. The Hall–Kier alpha value is -1.51. The molecule has 0 aromatic heterocycles. The molecule has 1 N–H and O–H groups in total. The second-order valence-electron chi connectivity index (χ2n) is 3.91. The minimum atomic E-state index is -1.04. The second-order valence-corrected chi connectivity index (χ2v) is 4.73. The van der Waals surface area contributed by atoms with E-state index in [0.29, 0.717) is 5.02 Å². The van der Waals surface area contributed by atoms with Gasteiger partial charge in [0.15, 0.2) is 0 Å². The van der Waals surface area contributed by atoms with Crippen LogP contribution < -0.4 is 0 Å². The topological polar surface area (TPSA) is 37.3 Å². The van der Waals surface area contributed by atoms with E-state index < -0.39 is 5.97 Å². The van der Waals surface area contributed by atoms with E-state index in [9.17, 15) is 4.79 Å². The van der Waals surface area contributed by atoms with Gasteiger partial charge in [-0.05, 0) is 41.8 Å². The number of halogens is 2. The highest BCUT2D eigenvalue weighted by Crippen LogP contribution is 2.30. The normalized spacial score (nSPS) is 10.4. The zero-order valence-electron chi connectivity index (χ0n) is 9.58. The van der Waals surface area contributed by atoms with Gasteiger partial charge in [0.2, 0.25) is 0 Å². The van der Waals surface area contributed by atoms with Crippen molar-refractivity contribution in [3.05, 3.63) is 57.6 Å². The van der Waals surface area contributed by atoms with Gasteiger partial charge in [0.05, 0.1) is 10.6 Å². The lowest BCUT2D eigenvalue weighted by atomic mass is 9.99. The molecule has 18 heavy (non-hydrogen) atoms. The van der Waals surface area contributed by atoms with E-state index in [-0.39, 0.29) is 10.6 Å². The Morgan fingerprint density at radius 3 is 2.50 bits per heavy atom. The number of carboxylic acid groups (broad SMARTS) is 1. The minimum absolute atomic E-state index is 0.0912. The first-order valence-corrected chi connectivity index (χ1v) is 6.04. The average Bonchev–Trinajstić information content (AvgIpc) is 2.33. The number of benzene rings is 2. The fourth-order valence-electron chi connectivity index (χ4n) is 1.78. The Balaban J connectivity index is 2.62. The van der Waals surface area contributed by atoms with Crippen molar-refractivity contribution in [2.75, 3.05) is 0 Å². The van der Waals surface area contributed by atoms with Gasteiger partial charge >= 0.3 is 5.97 Å². The minimum Gasteiger partial charge on any atom is -0.478 e. The molecule has 0 heterocycles. The number of hydrogen-bond donors (Lipinski definition) is 1. The fraction of sp³-hybridized carbons (Fsp3) is 0.0714. The predicted molar refractivity (Wildman–Crippen MR) is 73.6 cm³/mol. The van der Waals surface area contributed by atoms with Crippen molar-refractivity contribution in [2.24, 2.45) is 0 Å². The number of aromatic carboxylic acids is 1. The first kappa shape index (κ1) is 12.9. The van der Waals surface area contributed by atoms with Crippen molar-refractivity contribution in [3.63, 3.8) is 0 Å². The van der Waals surface area contributed by atoms with Crippen molar-refractivity contribution in [3.8, 4) is 11.1 Å². The molecule has 0 aliphatic carbocycles. The van der Waals surface area contributed by atoms with Gasteiger partial charge in [-0.25, -0.2) is 4.79 Å². The van der Waals surface area contributed by atoms with Crippen molar-refractivity contribution >= 4 is 29.2 Å². The summed E-state index contributed by atoms with van der Waals surface area (Å²) >= 11 is 11.9. The summed E-state index contributed by atoms with van der Waals surface area (Å²) in [5.74, 6) is -1.04. The zero-order valence-corrected chi connectivity index (χ0v) is 11.1. The molecule has 0 saturated carbocycles. The maximum atomic E-state index is 11.0. The average molecular weight is 281 g/mol. The molecule has 2 aromatic carbocycles. The number of carbonyl (C=O) groups is 1. The van der Waals surface area contributed by atoms with Crippen LogP contribution in [0.4, 0.5) is 0 Å². The highest BCUT2D eigenvalue weighted by atomic mass is 35.5. The molecule has 4 heteroatoms. The van der Waals surface area contributed by atoms with Gasteiger partial charge in [-0.2, -0.15) is 0 Å². The first-order chi connectivity index (χ1) is 8.50. The Kier molecular flexibility index (Phi) is 3.60.